The van der Waals surface area contributed by atoms with Gasteiger partial charge in [0.25, 0.3) is 0 Å². The van der Waals surface area contributed by atoms with Gasteiger partial charge >= 0.3 is 5.92 Å². The maximum atomic E-state index is 14.9. The van der Waals surface area contributed by atoms with Gasteiger partial charge in [0.1, 0.15) is 0 Å². The lowest BCUT2D eigenvalue weighted by Crippen LogP contribution is -2.52. The number of rotatable bonds is 2. The third kappa shape index (κ3) is 2.17. The Bertz CT molecular complexity index is 1000. The van der Waals surface area contributed by atoms with E-state index in [1.54, 1.807) is 25.1 Å². The van der Waals surface area contributed by atoms with Crippen LogP contribution in [0.1, 0.15) is 32.6 Å². The second-order valence-corrected chi connectivity index (χ2v) is 7.32. The Hall–Kier alpha value is -1.95. The summed E-state index contributed by atoms with van der Waals surface area (Å²) in [6.45, 7) is 1.75. The topological polar surface area (TPSA) is 52.3 Å². The smallest absolute Gasteiger partial charge is 0.311 e. The van der Waals surface area contributed by atoms with Gasteiger partial charge in [-0.3, -0.25) is 4.79 Å². The maximum Gasteiger partial charge on any atom is 0.311 e. The first-order valence-electron chi connectivity index (χ1n) is 7.82. The van der Waals surface area contributed by atoms with E-state index >= 15 is 0 Å². The zero-order valence-corrected chi connectivity index (χ0v) is 15.1. The molecule has 0 bridgehead atoms. The summed E-state index contributed by atoms with van der Waals surface area (Å²) in [4.78, 5) is 11.4. The highest BCUT2D eigenvalue weighted by Crippen LogP contribution is 2.64. The summed E-state index contributed by atoms with van der Waals surface area (Å²) in [5.74, 6) is -3.79. The number of nitrogens with two attached hydrogens (primary N) is 1. The second-order valence-electron chi connectivity index (χ2n) is 6.47. The molecule has 1 heterocycles. The van der Waals surface area contributed by atoms with Gasteiger partial charge < -0.3 is 10.5 Å². The van der Waals surface area contributed by atoms with Crippen molar-refractivity contribution in [2.45, 2.75) is 18.4 Å². The number of hydrogen-bond donors (Lipinski definition) is 1. The zero-order chi connectivity index (χ0) is 18.9. The SMILES string of the molecule is Cc1cc(C2=CC3(OC2)c2cc(Cl)cc(Cl)c2C3(F)F)ccc1C(N)=O. The highest BCUT2D eigenvalue weighted by atomic mass is 35.5. The summed E-state index contributed by atoms with van der Waals surface area (Å²) in [5.41, 5.74) is 5.82. The van der Waals surface area contributed by atoms with Crippen molar-refractivity contribution in [1.29, 1.82) is 0 Å². The third-order valence-electron chi connectivity index (χ3n) is 4.93. The number of ether oxygens (including phenoxy) is 1. The van der Waals surface area contributed by atoms with Crippen LogP contribution in [0, 0.1) is 6.92 Å². The van der Waals surface area contributed by atoms with Crippen molar-refractivity contribution in [3.05, 3.63) is 74.3 Å². The molecule has 1 atom stereocenters. The first kappa shape index (κ1) is 17.5. The Morgan fingerprint density at radius 2 is 1.96 bits per heavy atom. The lowest BCUT2D eigenvalue weighted by molar-refractivity contribution is -0.212. The molecular weight excluding hydrogens is 383 g/mol. The molecule has 0 radical (unpaired) electrons. The van der Waals surface area contributed by atoms with Crippen LogP contribution in [0.25, 0.3) is 5.57 Å². The average Bonchev–Trinajstić information content (AvgIpc) is 3.01. The van der Waals surface area contributed by atoms with E-state index in [0.29, 0.717) is 22.3 Å². The van der Waals surface area contributed by atoms with Gasteiger partial charge in [0.05, 0.1) is 11.6 Å². The average molecular weight is 396 g/mol. The van der Waals surface area contributed by atoms with E-state index in [-0.39, 0.29) is 27.8 Å². The molecule has 2 N–H and O–H groups in total. The molecule has 0 aromatic heterocycles. The Morgan fingerprint density at radius 3 is 2.62 bits per heavy atom. The number of hydrogen-bond acceptors (Lipinski definition) is 2. The van der Waals surface area contributed by atoms with Gasteiger partial charge in [-0.05, 0) is 47.9 Å². The van der Waals surface area contributed by atoms with Crippen molar-refractivity contribution < 1.29 is 18.3 Å². The minimum Gasteiger partial charge on any atom is -0.366 e. The number of aryl methyl sites for hydroxylation is 1. The second kappa shape index (κ2) is 5.52. The highest BCUT2D eigenvalue weighted by molar-refractivity contribution is 6.35. The van der Waals surface area contributed by atoms with Crippen molar-refractivity contribution in [2.24, 2.45) is 5.73 Å². The van der Waals surface area contributed by atoms with E-state index in [9.17, 15) is 13.6 Å². The van der Waals surface area contributed by atoms with Gasteiger partial charge in [-0.15, -0.1) is 0 Å². The van der Waals surface area contributed by atoms with Gasteiger partial charge in [0.15, 0.2) is 5.60 Å². The number of alkyl halides is 2. The quantitative estimate of drug-likeness (QED) is 0.792. The lowest BCUT2D eigenvalue weighted by atomic mass is 9.69. The number of fused-ring (bicyclic) bond motifs is 2. The normalized spacial score (nSPS) is 22.7. The minimum absolute atomic E-state index is 0.00845. The van der Waals surface area contributed by atoms with Crippen molar-refractivity contribution in [2.75, 3.05) is 6.61 Å². The number of primary amides is 1. The Labute approximate surface area is 158 Å². The molecule has 1 amide bonds. The number of amides is 1. The van der Waals surface area contributed by atoms with Gasteiger partial charge in [-0.25, -0.2) is 0 Å². The monoisotopic (exact) mass is 395 g/mol. The fraction of sp³-hybridized carbons (Fsp3) is 0.211. The fourth-order valence-electron chi connectivity index (χ4n) is 3.64. The van der Waals surface area contributed by atoms with Gasteiger partial charge in [0.2, 0.25) is 5.91 Å². The van der Waals surface area contributed by atoms with Crippen LogP contribution in [0.5, 0.6) is 0 Å². The van der Waals surface area contributed by atoms with Crippen LogP contribution in [0.15, 0.2) is 36.4 Å². The molecule has 0 saturated carbocycles. The Balaban J connectivity index is 1.81. The number of halogens is 4. The molecule has 2 aliphatic rings. The summed E-state index contributed by atoms with van der Waals surface area (Å²) < 4.78 is 35.3. The first-order chi connectivity index (χ1) is 12.2. The van der Waals surface area contributed by atoms with Gasteiger partial charge in [0, 0.05) is 21.7 Å². The number of carbonyl (C=O) groups excluding carboxylic acids is 1. The lowest BCUT2D eigenvalue weighted by Gasteiger charge is -2.46. The Kier molecular flexibility index (Phi) is 3.71. The van der Waals surface area contributed by atoms with Crippen LogP contribution in [0.3, 0.4) is 0 Å². The molecule has 2 aromatic carbocycles. The maximum absolute atomic E-state index is 14.9. The molecule has 4 rings (SSSR count). The molecule has 1 aliphatic heterocycles. The van der Waals surface area contributed by atoms with Crippen molar-refractivity contribution in [3.8, 4) is 0 Å². The van der Waals surface area contributed by atoms with Crippen LogP contribution >= 0.6 is 23.2 Å². The molecule has 3 nitrogen and oxygen atoms in total. The van der Waals surface area contributed by atoms with Crippen LogP contribution in [-0.4, -0.2) is 12.5 Å². The molecule has 1 aliphatic carbocycles. The predicted molar refractivity (Wildman–Crippen MR) is 95.7 cm³/mol. The van der Waals surface area contributed by atoms with E-state index in [0.717, 1.165) is 0 Å². The first-order valence-corrected chi connectivity index (χ1v) is 8.57. The number of benzene rings is 2. The van der Waals surface area contributed by atoms with Crippen LogP contribution < -0.4 is 5.73 Å². The van der Waals surface area contributed by atoms with Crippen molar-refractivity contribution in [1.82, 2.24) is 0 Å². The molecule has 134 valence electrons. The summed E-state index contributed by atoms with van der Waals surface area (Å²) in [7, 11) is 0. The molecule has 1 spiro atoms. The molecule has 0 fully saturated rings. The Morgan fingerprint density at radius 1 is 1.23 bits per heavy atom. The molecule has 2 aromatic rings. The van der Waals surface area contributed by atoms with Gasteiger partial charge in [-0.1, -0.05) is 35.3 Å². The zero-order valence-electron chi connectivity index (χ0n) is 13.6. The van der Waals surface area contributed by atoms with E-state index < -0.39 is 17.4 Å². The van der Waals surface area contributed by atoms with E-state index in [1.807, 2.05) is 0 Å². The summed E-state index contributed by atoms with van der Waals surface area (Å²) in [5, 5.41) is 0.200. The summed E-state index contributed by atoms with van der Waals surface area (Å²) >= 11 is 11.9. The molecule has 0 saturated heterocycles. The van der Waals surface area contributed by atoms with E-state index in [4.69, 9.17) is 33.7 Å². The third-order valence-corrected chi connectivity index (χ3v) is 5.45. The van der Waals surface area contributed by atoms with E-state index in [2.05, 4.69) is 0 Å². The van der Waals surface area contributed by atoms with Crippen LogP contribution in [0.2, 0.25) is 10.0 Å². The predicted octanol–water partition coefficient (Wildman–Crippen LogP) is 4.82. The van der Waals surface area contributed by atoms with Gasteiger partial charge in [-0.2, -0.15) is 8.78 Å². The van der Waals surface area contributed by atoms with Crippen molar-refractivity contribution >= 4 is 34.7 Å². The van der Waals surface area contributed by atoms with Crippen LogP contribution in [-0.2, 0) is 16.3 Å². The summed E-state index contributed by atoms with van der Waals surface area (Å²) in [6, 6.07) is 7.75. The fourth-order valence-corrected chi connectivity index (χ4v) is 4.25. The molecular formula is C19H13Cl2F2NO2. The summed E-state index contributed by atoms with van der Waals surface area (Å²) in [6.07, 6.45) is 1.42. The largest absolute Gasteiger partial charge is 0.366 e. The van der Waals surface area contributed by atoms with E-state index in [1.165, 1.54) is 18.2 Å². The molecule has 7 heteroatoms. The standard InChI is InChI=1S/C19H13Cl2F2NO2/c1-9-4-10(2-3-13(9)17(24)25)11-7-18(26-8-11)14-5-12(20)6-15(21)16(14)19(18,22)23/h2-7H,8H2,1H3,(H2,24,25). The van der Waals surface area contributed by atoms with Crippen molar-refractivity contribution in [3.63, 3.8) is 0 Å². The van der Waals surface area contributed by atoms with Crippen LogP contribution in [0.4, 0.5) is 8.78 Å². The highest BCUT2D eigenvalue weighted by Gasteiger charge is 2.69. The number of carbonyl (C=O) groups is 1. The minimum atomic E-state index is -3.26. The molecule has 1 unspecified atom stereocenters. The molecule has 26 heavy (non-hydrogen) atoms.